The first-order valence-corrected chi connectivity index (χ1v) is 8.24. The fourth-order valence-corrected chi connectivity index (χ4v) is 3.25. The Morgan fingerprint density at radius 1 is 1.52 bits per heavy atom. The van der Waals surface area contributed by atoms with Gasteiger partial charge in [-0.05, 0) is 50.8 Å². The van der Waals surface area contributed by atoms with Gasteiger partial charge in [0.05, 0.1) is 12.6 Å². The molecule has 5 heteroatoms. The molecule has 0 bridgehead atoms. The Morgan fingerprint density at radius 2 is 2.30 bits per heavy atom. The Balaban J connectivity index is 1.76. The van der Waals surface area contributed by atoms with E-state index in [1.807, 2.05) is 6.92 Å². The third-order valence-electron chi connectivity index (χ3n) is 4.92. The van der Waals surface area contributed by atoms with E-state index in [-0.39, 0.29) is 24.7 Å². The molecule has 0 saturated heterocycles. The predicted octanol–water partition coefficient (Wildman–Crippen LogP) is 2.36. The summed E-state index contributed by atoms with van der Waals surface area (Å²) in [5, 5.41) is 13.6. The van der Waals surface area contributed by atoms with Gasteiger partial charge in [-0.1, -0.05) is 11.6 Å². The fraction of sp³-hybridized carbons (Fsp3) is 0.500. The molecule has 1 heterocycles. The second-order valence-electron chi connectivity index (χ2n) is 6.66. The number of hydrogen-bond acceptors (Lipinski definition) is 2. The first-order valence-electron chi connectivity index (χ1n) is 8.24. The predicted molar refractivity (Wildman–Crippen MR) is 91.7 cm³/mol. The van der Waals surface area contributed by atoms with Gasteiger partial charge in [-0.3, -0.25) is 0 Å². The number of aromatic nitrogens is 1. The van der Waals surface area contributed by atoms with Crippen molar-refractivity contribution in [1.82, 2.24) is 15.2 Å². The average molecular weight is 315 g/mol. The van der Waals surface area contributed by atoms with Crippen LogP contribution in [0.4, 0.5) is 4.79 Å². The second-order valence-corrected chi connectivity index (χ2v) is 6.66. The summed E-state index contributed by atoms with van der Waals surface area (Å²) in [5.41, 5.74) is 5.06. The van der Waals surface area contributed by atoms with Gasteiger partial charge in [-0.2, -0.15) is 0 Å². The van der Waals surface area contributed by atoms with Crippen molar-refractivity contribution in [2.45, 2.75) is 45.2 Å². The highest BCUT2D eigenvalue weighted by Crippen LogP contribution is 2.29. The molecule has 1 aliphatic carbocycles. The number of benzene rings is 1. The third-order valence-corrected chi connectivity index (χ3v) is 4.92. The van der Waals surface area contributed by atoms with Crippen LogP contribution >= 0.6 is 0 Å². The number of urea groups is 1. The summed E-state index contributed by atoms with van der Waals surface area (Å²) in [6.07, 6.45) is 2.74. The van der Waals surface area contributed by atoms with Crippen LogP contribution in [0.5, 0.6) is 0 Å². The summed E-state index contributed by atoms with van der Waals surface area (Å²) >= 11 is 0. The van der Waals surface area contributed by atoms with Crippen molar-refractivity contribution < 1.29 is 9.90 Å². The summed E-state index contributed by atoms with van der Waals surface area (Å²) in [4.78, 5) is 17.4. The maximum absolute atomic E-state index is 12.3. The highest BCUT2D eigenvalue weighted by atomic mass is 16.3. The van der Waals surface area contributed by atoms with E-state index in [0.717, 1.165) is 19.3 Å². The number of hydrogen-bond donors (Lipinski definition) is 3. The van der Waals surface area contributed by atoms with Crippen LogP contribution in [0.1, 0.15) is 30.2 Å². The maximum Gasteiger partial charge on any atom is 0.317 e. The molecule has 23 heavy (non-hydrogen) atoms. The van der Waals surface area contributed by atoms with Crippen LogP contribution in [0.3, 0.4) is 0 Å². The van der Waals surface area contributed by atoms with Gasteiger partial charge in [-0.15, -0.1) is 0 Å². The van der Waals surface area contributed by atoms with Crippen LogP contribution in [0.25, 0.3) is 10.9 Å². The molecular weight excluding hydrogens is 290 g/mol. The molecule has 2 amide bonds. The van der Waals surface area contributed by atoms with Gasteiger partial charge < -0.3 is 20.3 Å². The Kier molecular flexibility index (Phi) is 4.31. The van der Waals surface area contributed by atoms with E-state index in [1.54, 1.807) is 11.9 Å². The minimum atomic E-state index is -0.176. The van der Waals surface area contributed by atoms with Crippen molar-refractivity contribution >= 4 is 16.9 Å². The Hall–Kier alpha value is -2.01. The molecule has 1 aliphatic rings. The van der Waals surface area contributed by atoms with Crippen LogP contribution in [-0.4, -0.2) is 46.8 Å². The monoisotopic (exact) mass is 315 g/mol. The highest BCUT2D eigenvalue weighted by molar-refractivity contribution is 5.86. The normalized spacial score (nSPS) is 18.5. The van der Waals surface area contributed by atoms with Crippen LogP contribution in [0, 0.1) is 6.92 Å². The first kappa shape index (κ1) is 15.9. The third kappa shape index (κ3) is 3.06. The van der Waals surface area contributed by atoms with Gasteiger partial charge in [0.1, 0.15) is 0 Å². The number of likely N-dealkylation sites (N-methyl/N-ethyl adjacent to an activating group) is 1. The standard InChI is InChI=1S/C18H25N3O2/c1-11-4-6-16-14(8-11)15-9-13(5-7-17(15)20-16)19-18(23)21(3)12(2)10-22/h4,6,8,12-13,20,22H,5,7,9-10H2,1-3H3,(H,19,23). The van der Waals surface area contributed by atoms with Crippen molar-refractivity contribution in [1.29, 1.82) is 0 Å². The zero-order valence-corrected chi connectivity index (χ0v) is 14.0. The number of H-pyrrole nitrogens is 1. The molecule has 2 atom stereocenters. The lowest BCUT2D eigenvalue weighted by Crippen LogP contribution is -2.48. The molecule has 0 saturated carbocycles. The lowest BCUT2D eigenvalue weighted by molar-refractivity contribution is 0.154. The second kappa shape index (κ2) is 6.24. The van der Waals surface area contributed by atoms with Crippen molar-refractivity contribution in [3.05, 3.63) is 35.0 Å². The van der Waals surface area contributed by atoms with Crippen molar-refractivity contribution in [3.63, 3.8) is 0 Å². The number of fused-ring (bicyclic) bond motifs is 3. The van der Waals surface area contributed by atoms with E-state index in [0.29, 0.717) is 0 Å². The summed E-state index contributed by atoms with van der Waals surface area (Å²) in [5.74, 6) is 0. The molecule has 0 spiro atoms. The first-order chi connectivity index (χ1) is 11.0. The number of amides is 2. The van der Waals surface area contributed by atoms with Crippen molar-refractivity contribution in [2.75, 3.05) is 13.7 Å². The Morgan fingerprint density at radius 3 is 3.04 bits per heavy atom. The number of aliphatic hydroxyl groups is 1. The molecule has 0 fully saturated rings. The van der Waals surface area contributed by atoms with Crippen molar-refractivity contribution in [3.8, 4) is 0 Å². The number of aromatic amines is 1. The van der Waals surface area contributed by atoms with Crippen LogP contribution in [-0.2, 0) is 12.8 Å². The molecule has 3 rings (SSSR count). The van der Waals surface area contributed by atoms with Gasteiger partial charge in [0.15, 0.2) is 0 Å². The molecule has 3 N–H and O–H groups in total. The lowest BCUT2D eigenvalue weighted by Gasteiger charge is -2.29. The minimum absolute atomic E-state index is 0.0273. The zero-order chi connectivity index (χ0) is 16.6. The van der Waals surface area contributed by atoms with E-state index in [9.17, 15) is 9.90 Å². The summed E-state index contributed by atoms with van der Waals surface area (Å²) in [6.45, 7) is 3.91. The number of carbonyl (C=O) groups is 1. The van der Waals surface area contributed by atoms with E-state index in [1.165, 1.54) is 27.7 Å². The Labute approximate surface area is 136 Å². The van der Waals surface area contributed by atoms with E-state index < -0.39 is 0 Å². The number of aliphatic hydroxyl groups excluding tert-OH is 1. The minimum Gasteiger partial charge on any atom is -0.394 e. The van der Waals surface area contributed by atoms with Gasteiger partial charge in [0.2, 0.25) is 0 Å². The average Bonchev–Trinajstić information content (AvgIpc) is 2.90. The van der Waals surface area contributed by atoms with Gasteiger partial charge >= 0.3 is 6.03 Å². The molecule has 0 aliphatic heterocycles. The quantitative estimate of drug-likeness (QED) is 0.814. The fourth-order valence-electron chi connectivity index (χ4n) is 3.25. The number of rotatable bonds is 3. The molecule has 5 nitrogen and oxygen atoms in total. The van der Waals surface area contributed by atoms with E-state index >= 15 is 0 Å². The summed E-state index contributed by atoms with van der Waals surface area (Å²) in [7, 11) is 1.72. The van der Waals surface area contributed by atoms with Gasteiger partial charge in [0.25, 0.3) is 0 Å². The topological polar surface area (TPSA) is 68.4 Å². The zero-order valence-electron chi connectivity index (χ0n) is 14.0. The molecule has 1 aromatic carbocycles. The van der Waals surface area contributed by atoms with E-state index in [2.05, 4.69) is 35.4 Å². The maximum atomic E-state index is 12.3. The number of aryl methyl sites for hydroxylation is 2. The van der Waals surface area contributed by atoms with Crippen molar-refractivity contribution in [2.24, 2.45) is 0 Å². The van der Waals surface area contributed by atoms with Gasteiger partial charge in [0, 0.05) is 29.7 Å². The molecular formula is C18H25N3O2. The number of nitrogens with one attached hydrogen (secondary N) is 2. The number of carbonyl (C=O) groups excluding carboxylic acids is 1. The SMILES string of the molecule is Cc1ccc2[nH]c3c(c2c1)CC(NC(=O)N(C)C(C)CO)CC3. The van der Waals surface area contributed by atoms with Crippen LogP contribution < -0.4 is 5.32 Å². The number of nitrogens with zero attached hydrogens (tertiary/aromatic N) is 1. The molecule has 2 unspecified atom stereocenters. The van der Waals surface area contributed by atoms with E-state index in [4.69, 9.17) is 0 Å². The molecule has 0 radical (unpaired) electrons. The van der Waals surface area contributed by atoms with Crippen LogP contribution in [0.15, 0.2) is 18.2 Å². The summed E-state index contributed by atoms with van der Waals surface area (Å²) in [6, 6.07) is 6.32. The molecule has 1 aromatic heterocycles. The molecule has 2 aromatic rings. The smallest absolute Gasteiger partial charge is 0.317 e. The largest absolute Gasteiger partial charge is 0.394 e. The lowest BCUT2D eigenvalue weighted by atomic mass is 9.91. The molecule has 124 valence electrons. The summed E-state index contributed by atoms with van der Waals surface area (Å²) < 4.78 is 0. The van der Waals surface area contributed by atoms with Gasteiger partial charge in [-0.25, -0.2) is 4.79 Å². The van der Waals surface area contributed by atoms with Crippen LogP contribution in [0.2, 0.25) is 0 Å². The Bertz CT molecular complexity index is 722. The highest BCUT2D eigenvalue weighted by Gasteiger charge is 2.25.